The summed E-state index contributed by atoms with van der Waals surface area (Å²) in [4.78, 5) is 30.8. The van der Waals surface area contributed by atoms with Gasteiger partial charge in [-0.2, -0.15) is 0 Å². The fourth-order valence-corrected chi connectivity index (χ4v) is 1.50. The van der Waals surface area contributed by atoms with Crippen molar-refractivity contribution in [1.82, 2.24) is 16.1 Å². The second-order valence-electron chi connectivity index (χ2n) is 4.70. The molecule has 0 saturated heterocycles. The molecule has 0 fully saturated rings. The van der Waals surface area contributed by atoms with Crippen LogP contribution in [0.1, 0.15) is 10.5 Å². The molecule has 35 heavy (non-hydrogen) atoms. The van der Waals surface area contributed by atoms with Gasteiger partial charge in [0.2, 0.25) is 0 Å². The van der Waals surface area contributed by atoms with E-state index in [1.54, 1.807) is 0 Å². The molecule has 196 valence electrons. The second kappa shape index (κ2) is 20.0. The number of aliphatic hydroxyl groups is 2. The number of carbonyl (C=O) groups excluding carboxylic acids is 1. The number of carbonyl (C=O) groups is 1. The molecule has 0 atom stereocenters. The van der Waals surface area contributed by atoms with Crippen molar-refractivity contribution in [2.45, 2.75) is 0 Å². The summed E-state index contributed by atoms with van der Waals surface area (Å²) in [5.41, 5.74) is 4.18. The summed E-state index contributed by atoms with van der Waals surface area (Å²) < 4.78 is 0. The SMILES string of the molecule is N=C1N=CC=N/C1=C(\[O-])O.N=C1N=CC=N/C1=C(\[O-])O.Nc1nccnc1C(=O)[O-].O.O.O.[NH4+].[Ni+2]. The number of quaternary nitrogens is 1. The molecule has 3 rings (SSSR count). The van der Waals surface area contributed by atoms with Gasteiger partial charge in [-0.3, -0.25) is 10.8 Å². The molecule has 0 aromatic carbocycles. The standard InChI is InChI=1S/3C5H5N3O2.H3N.Ni.3H2O/c3*6-4-3(5(9)10)7-1-2-8-4;;;;;/h1-2H,(H2,6,8)(H,9,10);2*1-2,6,9-10H;1H3;;3*1H2/q;;;;+2;;;/p-2. The minimum atomic E-state index is -1.41. The maximum atomic E-state index is 10.2. The van der Waals surface area contributed by atoms with E-state index < -0.39 is 17.9 Å². The first-order valence-corrected chi connectivity index (χ1v) is 7.44. The normalized spacial score (nSPS) is 14.9. The molecular formula is C15H22N10NiO9. The summed E-state index contributed by atoms with van der Waals surface area (Å²) in [6.45, 7) is 0. The summed E-state index contributed by atoms with van der Waals surface area (Å²) in [6.07, 6.45) is 7.57. The van der Waals surface area contributed by atoms with Gasteiger partial charge >= 0.3 is 16.5 Å². The number of amidine groups is 2. The molecule has 0 amide bonds. The third-order valence-electron chi connectivity index (χ3n) is 2.72. The average molecular weight is 545 g/mol. The Balaban J connectivity index is -0.000000120. The number of aromatic nitrogens is 2. The molecule has 0 bridgehead atoms. The van der Waals surface area contributed by atoms with E-state index in [2.05, 4.69) is 29.9 Å². The quantitative estimate of drug-likeness (QED) is 0.145. The number of nitrogens with two attached hydrogens (primary N) is 1. The van der Waals surface area contributed by atoms with Crippen molar-refractivity contribution < 1.29 is 63.2 Å². The topological polar surface area (TPSA) is 407 Å². The molecule has 3 heterocycles. The first-order valence-electron chi connectivity index (χ1n) is 7.44. The van der Waals surface area contributed by atoms with E-state index in [4.69, 9.17) is 26.8 Å². The van der Waals surface area contributed by atoms with Crippen molar-refractivity contribution in [2.75, 3.05) is 5.73 Å². The van der Waals surface area contributed by atoms with E-state index in [-0.39, 0.29) is 73.6 Å². The van der Waals surface area contributed by atoms with Crippen molar-refractivity contribution in [3.8, 4) is 0 Å². The van der Waals surface area contributed by atoms with Crippen LogP contribution in [0.5, 0.6) is 0 Å². The van der Waals surface area contributed by atoms with Gasteiger partial charge < -0.3 is 58.6 Å². The van der Waals surface area contributed by atoms with Gasteiger partial charge in [-0.05, 0) is 0 Å². The van der Waals surface area contributed by atoms with Crippen LogP contribution in [-0.2, 0) is 16.5 Å². The second-order valence-corrected chi connectivity index (χ2v) is 4.70. The van der Waals surface area contributed by atoms with Crippen LogP contribution >= 0.6 is 0 Å². The van der Waals surface area contributed by atoms with Crippen molar-refractivity contribution in [3.63, 3.8) is 0 Å². The van der Waals surface area contributed by atoms with Crippen LogP contribution in [0.4, 0.5) is 5.82 Å². The van der Waals surface area contributed by atoms with E-state index in [1.165, 1.54) is 37.3 Å². The molecule has 20 heteroatoms. The van der Waals surface area contributed by atoms with Crippen molar-refractivity contribution in [2.24, 2.45) is 20.0 Å². The Hall–Kier alpha value is -4.62. The van der Waals surface area contributed by atoms with Crippen molar-refractivity contribution >= 4 is 48.3 Å². The molecule has 19 nitrogen and oxygen atoms in total. The minimum absolute atomic E-state index is 0. The maximum Gasteiger partial charge on any atom is 2.00 e. The van der Waals surface area contributed by atoms with Gasteiger partial charge in [0.15, 0.2) is 17.5 Å². The van der Waals surface area contributed by atoms with Crippen LogP contribution in [0.15, 0.2) is 55.6 Å². The zero-order chi connectivity index (χ0) is 22.7. The number of rotatable bonds is 1. The molecule has 0 aliphatic carbocycles. The number of carboxylic acid groups (broad SMARTS) is 1. The summed E-state index contributed by atoms with van der Waals surface area (Å²) in [5, 5.41) is 61.1. The first kappa shape index (κ1) is 40.7. The van der Waals surface area contributed by atoms with Gasteiger partial charge in [-0.1, -0.05) is 0 Å². The molecule has 2 aliphatic heterocycles. The number of nitrogens with one attached hydrogen (secondary N) is 2. The molecule has 1 aromatic heterocycles. The molecule has 2 aliphatic rings. The van der Waals surface area contributed by atoms with Crippen LogP contribution in [0.2, 0.25) is 0 Å². The summed E-state index contributed by atoms with van der Waals surface area (Å²) >= 11 is 0. The number of nitrogens with zero attached hydrogens (tertiary/aromatic N) is 6. The summed E-state index contributed by atoms with van der Waals surface area (Å²) in [7, 11) is 0. The molecule has 0 radical (unpaired) electrons. The number of aliphatic hydroxyl groups excluding tert-OH is 2. The number of anilines is 1. The number of carboxylic acids is 1. The predicted molar refractivity (Wildman–Crippen MR) is 116 cm³/mol. The molecule has 16 N–H and O–H groups in total. The van der Waals surface area contributed by atoms with Crippen LogP contribution in [-0.4, -0.2) is 79.1 Å². The molecule has 0 unspecified atom stereocenters. The Morgan fingerprint density at radius 2 is 1.11 bits per heavy atom. The van der Waals surface area contributed by atoms with Crippen molar-refractivity contribution in [1.29, 1.82) is 10.8 Å². The van der Waals surface area contributed by atoms with E-state index in [0.717, 1.165) is 0 Å². The Morgan fingerprint density at radius 1 is 0.771 bits per heavy atom. The average Bonchev–Trinajstić information content (AvgIpc) is 2.69. The monoisotopic (exact) mass is 544 g/mol. The Kier molecular flexibility index (Phi) is 23.3. The third kappa shape index (κ3) is 13.5. The van der Waals surface area contributed by atoms with E-state index >= 15 is 0 Å². The predicted octanol–water partition coefficient (Wildman–Crippen LogP) is -5.27. The Bertz CT molecular complexity index is 976. The van der Waals surface area contributed by atoms with Gasteiger partial charge in [0.25, 0.3) is 0 Å². The van der Waals surface area contributed by atoms with Crippen LogP contribution in [0.25, 0.3) is 0 Å². The summed E-state index contributed by atoms with van der Waals surface area (Å²) in [5.74, 6) is -4.60. The van der Waals surface area contributed by atoms with Gasteiger partial charge in [0.05, 0.1) is 17.9 Å². The van der Waals surface area contributed by atoms with Crippen LogP contribution in [0, 0.1) is 10.8 Å². The van der Waals surface area contributed by atoms with E-state index in [0.29, 0.717) is 0 Å². The van der Waals surface area contributed by atoms with Gasteiger partial charge in [-0.15, -0.1) is 0 Å². The van der Waals surface area contributed by atoms with Gasteiger partial charge in [0, 0.05) is 37.3 Å². The molecule has 0 saturated carbocycles. The zero-order valence-corrected chi connectivity index (χ0v) is 18.6. The van der Waals surface area contributed by atoms with Gasteiger partial charge in [-0.25, -0.2) is 29.9 Å². The number of aliphatic imine (C=N–C) groups is 4. The molecule has 1 aromatic rings. The Morgan fingerprint density at radius 3 is 1.34 bits per heavy atom. The van der Waals surface area contributed by atoms with Crippen molar-refractivity contribution in [3.05, 3.63) is 41.4 Å². The Labute approximate surface area is 206 Å². The maximum absolute atomic E-state index is 10.2. The minimum Gasteiger partial charge on any atom is -0.628 e. The van der Waals surface area contributed by atoms with Gasteiger partial charge in [0.1, 0.15) is 17.1 Å². The smallest absolute Gasteiger partial charge is 0.628 e. The molecular weight excluding hydrogens is 523 g/mol. The number of aromatic carboxylic acids is 1. The zero-order valence-electron chi connectivity index (χ0n) is 17.6. The fraction of sp³-hybridized carbons (Fsp3) is 0. The van der Waals surface area contributed by atoms with Crippen LogP contribution < -0.4 is 27.2 Å². The first-order chi connectivity index (χ1) is 14.1. The summed E-state index contributed by atoms with van der Waals surface area (Å²) in [6, 6.07) is 0. The third-order valence-corrected chi connectivity index (χ3v) is 2.72. The van der Waals surface area contributed by atoms with Crippen LogP contribution in [0.3, 0.4) is 0 Å². The largest absolute Gasteiger partial charge is 2.00 e. The number of hydrogen-bond acceptors (Lipinski definition) is 13. The van der Waals surface area contributed by atoms with E-state index in [1.807, 2.05) is 0 Å². The molecule has 0 spiro atoms. The number of hydrogen-bond donors (Lipinski definition) is 6. The number of nitrogen functional groups attached to an aromatic ring is 1. The van der Waals surface area contributed by atoms with E-state index in [9.17, 15) is 20.1 Å². The fourth-order valence-electron chi connectivity index (χ4n) is 1.50.